The first-order valence-corrected chi connectivity index (χ1v) is 11.5. The van der Waals surface area contributed by atoms with Gasteiger partial charge in [-0.15, -0.1) is 0 Å². The minimum atomic E-state index is -0.781. The lowest BCUT2D eigenvalue weighted by Gasteiger charge is -2.24. The predicted octanol–water partition coefficient (Wildman–Crippen LogP) is 3.61. The molecule has 0 bridgehead atoms. The summed E-state index contributed by atoms with van der Waals surface area (Å²) in [6, 6.07) is 0. The van der Waals surface area contributed by atoms with Crippen LogP contribution in [0.25, 0.3) is 0 Å². The number of aliphatic carboxylic acids is 1. The van der Waals surface area contributed by atoms with Gasteiger partial charge in [0.15, 0.2) is 0 Å². The number of carbonyl (C=O) groups is 1. The van der Waals surface area contributed by atoms with E-state index in [1.165, 1.54) is 0 Å². The van der Waals surface area contributed by atoms with Crippen molar-refractivity contribution in [2.45, 2.75) is 95.2 Å². The molecule has 0 aliphatic heterocycles. The Morgan fingerprint density at radius 3 is 2.59 bits per heavy atom. The summed E-state index contributed by atoms with van der Waals surface area (Å²) < 4.78 is 0. The van der Waals surface area contributed by atoms with Crippen LogP contribution in [0, 0.1) is 11.8 Å². The van der Waals surface area contributed by atoms with Gasteiger partial charge in [-0.1, -0.05) is 45.3 Å². The maximum atomic E-state index is 10.5. The van der Waals surface area contributed by atoms with Gasteiger partial charge in [0.1, 0.15) is 0 Å². The van der Waals surface area contributed by atoms with E-state index in [1.54, 1.807) is 11.8 Å². The predicted molar refractivity (Wildman–Crippen MR) is 111 cm³/mol. The number of unbranched alkanes of at least 4 members (excludes halogenated alkanes) is 1. The van der Waals surface area contributed by atoms with E-state index < -0.39 is 18.2 Å². The third-order valence-electron chi connectivity index (χ3n) is 5.48. The molecule has 6 heteroatoms. The second kappa shape index (κ2) is 13.6. The molecule has 1 rings (SSSR count). The number of thioether (sulfide) groups is 1. The Hall–Kier alpha value is -0.560. The largest absolute Gasteiger partial charge is 0.481 e. The highest BCUT2D eigenvalue weighted by atomic mass is 32.2. The standard InChI is InChI=1S/C21H38O5S/c1-3-9-15(4-2)12-16(22)14-27-21-17(18(23)13-19(21)24)10-7-5-6-8-11-20(25)26/h5,7,15-19,21-24H,3-4,6,8-14H2,1-2H3,(H,25,26)/t15?,16?,17-,18?,19?,21+/m0/s1. The number of allylic oxidation sites excluding steroid dienone is 2. The van der Waals surface area contributed by atoms with E-state index in [1.807, 2.05) is 12.2 Å². The first-order chi connectivity index (χ1) is 12.9. The average molecular weight is 403 g/mol. The van der Waals surface area contributed by atoms with Crippen molar-refractivity contribution in [3.8, 4) is 0 Å². The van der Waals surface area contributed by atoms with Gasteiger partial charge in [-0.3, -0.25) is 4.79 Å². The van der Waals surface area contributed by atoms with Crippen LogP contribution in [-0.2, 0) is 4.79 Å². The molecular weight excluding hydrogens is 364 g/mol. The van der Waals surface area contributed by atoms with Gasteiger partial charge in [-0.2, -0.15) is 11.8 Å². The van der Waals surface area contributed by atoms with Crippen molar-refractivity contribution in [1.82, 2.24) is 0 Å². The molecule has 0 aromatic heterocycles. The van der Waals surface area contributed by atoms with Gasteiger partial charge >= 0.3 is 5.97 Å². The molecule has 6 atom stereocenters. The Bertz CT molecular complexity index is 442. The van der Waals surface area contributed by atoms with Gasteiger partial charge in [0, 0.05) is 29.8 Å². The zero-order chi connectivity index (χ0) is 20.2. The van der Waals surface area contributed by atoms with Gasteiger partial charge < -0.3 is 20.4 Å². The summed E-state index contributed by atoms with van der Waals surface area (Å²) in [5.74, 6) is 0.338. The highest BCUT2D eigenvalue weighted by molar-refractivity contribution is 8.00. The molecule has 1 aliphatic rings. The van der Waals surface area contributed by atoms with Gasteiger partial charge in [-0.05, 0) is 31.6 Å². The van der Waals surface area contributed by atoms with E-state index >= 15 is 0 Å². The van der Waals surface area contributed by atoms with Crippen molar-refractivity contribution in [3.63, 3.8) is 0 Å². The zero-order valence-electron chi connectivity index (χ0n) is 16.8. The van der Waals surface area contributed by atoms with Crippen LogP contribution in [0.1, 0.15) is 71.6 Å². The van der Waals surface area contributed by atoms with Crippen molar-refractivity contribution in [3.05, 3.63) is 12.2 Å². The average Bonchev–Trinajstić information content (AvgIpc) is 2.88. The van der Waals surface area contributed by atoms with Crippen LogP contribution < -0.4 is 0 Å². The quantitative estimate of drug-likeness (QED) is 0.262. The SMILES string of the molecule is CCCC(CC)CC(O)CS[C@H]1C(O)CC(O)[C@@H]1CC=CCCCC(=O)O. The van der Waals surface area contributed by atoms with Crippen LogP contribution >= 0.6 is 11.8 Å². The zero-order valence-corrected chi connectivity index (χ0v) is 17.6. The van der Waals surface area contributed by atoms with Crippen LogP contribution in [0.15, 0.2) is 12.2 Å². The number of aliphatic hydroxyl groups is 3. The van der Waals surface area contributed by atoms with Crippen molar-refractivity contribution >= 4 is 17.7 Å². The molecule has 0 aromatic carbocycles. The van der Waals surface area contributed by atoms with Crippen LogP contribution in [0.5, 0.6) is 0 Å². The topological polar surface area (TPSA) is 98.0 Å². The Morgan fingerprint density at radius 1 is 1.22 bits per heavy atom. The fraction of sp³-hybridized carbons (Fsp3) is 0.857. The lowest BCUT2D eigenvalue weighted by molar-refractivity contribution is -0.137. The van der Waals surface area contributed by atoms with E-state index in [0.717, 1.165) is 25.7 Å². The Morgan fingerprint density at radius 2 is 1.96 bits per heavy atom. The smallest absolute Gasteiger partial charge is 0.303 e. The molecule has 158 valence electrons. The molecule has 0 amide bonds. The van der Waals surface area contributed by atoms with E-state index in [-0.39, 0.29) is 23.7 Å². The molecule has 4 unspecified atom stereocenters. The molecule has 0 spiro atoms. The van der Waals surface area contributed by atoms with E-state index in [4.69, 9.17) is 5.11 Å². The van der Waals surface area contributed by atoms with Crippen molar-refractivity contribution < 1.29 is 25.2 Å². The Balaban J connectivity index is 2.43. The number of hydrogen-bond donors (Lipinski definition) is 4. The fourth-order valence-electron chi connectivity index (χ4n) is 3.90. The number of carboxylic acids is 1. The van der Waals surface area contributed by atoms with Crippen molar-refractivity contribution in [1.29, 1.82) is 0 Å². The minimum absolute atomic E-state index is 0.0227. The summed E-state index contributed by atoms with van der Waals surface area (Å²) in [5, 5.41) is 39.5. The molecule has 0 radical (unpaired) electrons. The van der Waals surface area contributed by atoms with Crippen LogP contribution in [-0.4, -0.2) is 55.7 Å². The second-order valence-electron chi connectivity index (χ2n) is 7.78. The number of carboxylic acid groups (broad SMARTS) is 1. The Labute approximate surface area is 168 Å². The number of rotatable bonds is 14. The summed E-state index contributed by atoms with van der Waals surface area (Å²) in [6.45, 7) is 4.33. The molecule has 1 aliphatic carbocycles. The first kappa shape index (κ1) is 24.5. The summed E-state index contributed by atoms with van der Waals surface area (Å²) in [5.41, 5.74) is 0. The van der Waals surface area contributed by atoms with Crippen molar-refractivity contribution in [2.75, 3.05) is 5.75 Å². The molecule has 4 N–H and O–H groups in total. The van der Waals surface area contributed by atoms with Crippen LogP contribution in [0.4, 0.5) is 0 Å². The van der Waals surface area contributed by atoms with Gasteiger partial charge in [0.05, 0.1) is 18.3 Å². The molecule has 27 heavy (non-hydrogen) atoms. The van der Waals surface area contributed by atoms with E-state index in [0.29, 0.717) is 37.4 Å². The maximum absolute atomic E-state index is 10.5. The lowest BCUT2D eigenvalue weighted by Crippen LogP contribution is -2.27. The third-order valence-corrected chi connectivity index (χ3v) is 7.10. The van der Waals surface area contributed by atoms with E-state index in [9.17, 15) is 20.1 Å². The number of hydrogen-bond acceptors (Lipinski definition) is 5. The molecule has 5 nitrogen and oxygen atoms in total. The summed E-state index contributed by atoms with van der Waals surface area (Å²) in [6.07, 6.45) is 9.22. The maximum Gasteiger partial charge on any atom is 0.303 e. The molecule has 0 aromatic rings. The number of aliphatic hydroxyl groups excluding tert-OH is 3. The van der Waals surface area contributed by atoms with Gasteiger partial charge in [-0.25, -0.2) is 0 Å². The first-order valence-electron chi connectivity index (χ1n) is 10.4. The van der Waals surface area contributed by atoms with Gasteiger partial charge in [0.25, 0.3) is 0 Å². The van der Waals surface area contributed by atoms with Crippen molar-refractivity contribution in [2.24, 2.45) is 11.8 Å². The summed E-state index contributed by atoms with van der Waals surface area (Å²) in [4.78, 5) is 10.5. The molecule has 0 saturated heterocycles. The molecule has 1 saturated carbocycles. The summed E-state index contributed by atoms with van der Waals surface area (Å²) in [7, 11) is 0. The highest BCUT2D eigenvalue weighted by Gasteiger charge is 2.41. The van der Waals surface area contributed by atoms with Crippen LogP contribution in [0.2, 0.25) is 0 Å². The summed E-state index contributed by atoms with van der Waals surface area (Å²) >= 11 is 1.58. The third kappa shape index (κ3) is 9.46. The Kier molecular flexibility index (Phi) is 12.3. The van der Waals surface area contributed by atoms with E-state index in [2.05, 4.69) is 13.8 Å². The van der Waals surface area contributed by atoms with Gasteiger partial charge in [0.2, 0.25) is 0 Å². The fourth-order valence-corrected chi connectivity index (χ4v) is 5.35. The lowest BCUT2D eigenvalue weighted by atomic mass is 9.95. The van der Waals surface area contributed by atoms with Crippen LogP contribution in [0.3, 0.4) is 0 Å². The minimum Gasteiger partial charge on any atom is -0.481 e. The normalized spacial score (nSPS) is 27.9. The molecule has 0 heterocycles. The monoisotopic (exact) mass is 402 g/mol. The second-order valence-corrected chi connectivity index (χ2v) is 8.99. The molecule has 1 fully saturated rings. The highest BCUT2D eigenvalue weighted by Crippen LogP contribution is 2.38. The molecular formula is C21H38O5S.